The highest BCUT2D eigenvalue weighted by molar-refractivity contribution is 6.09. The fourth-order valence-electron chi connectivity index (χ4n) is 3.03. The molecule has 0 amide bonds. The minimum atomic E-state index is -0.380. The first-order valence-electron chi connectivity index (χ1n) is 7.53. The van der Waals surface area contributed by atoms with E-state index in [1.807, 2.05) is 54.4 Å². The molecule has 24 heavy (non-hydrogen) atoms. The maximum atomic E-state index is 14.0. The van der Waals surface area contributed by atoms with E-state index in [9.17, 15) is 9.65 Å². The molecule has 0 aliphatic carbocycles. The van der Waals surface area contributed by atoms with Gasteiger partial charge in [0, 0.05) is 17.8 Å². The largest absolute Gasteiger partial charge is 0.451 e. The minimum absolute atomic E-state index is 0.252. The molecule has 0 saturated carbocycles. The molecule has 0 aliphatic rings. The summed E-state index contributed by atoms with van der Waals surface area (Å²) in [5.41, 5.74) is 2.98. The summed E-state index contributed by atoms with van der Waals surface area (Å²) in [4.78, 5) is 1.89. The van der Waals surface area contributed by atoms with Gasteiger partial charge in [-0.05, 0) is 24.3 Å². The van der Waals surface area contributed by atoms with Gasteiger partial charge >= 0.3 is 0 Å². The van der Waals surface area contributed by atoms with Gasteiger partial charge in [0.2, 0.25) is 0 Å². The molecule has 0 unspecified atom stereocenters. The fourth-order valence-corrected chi connectivity index (χ4v) is 3.03. The van der Waals surface area contributed by atoms with E-state index >= 15 is 0 Å². The van der Waals surface area contributed by atoms with Crippen molar-refractivity contribution in [1.29, 1.82) is 5.26 Å². The topological polar surface area (TPSA) is 40.2 Å². The number of nitrogens with zero attached hydrogens (tertiary/aromatic N) is 2. The van der Waals surface area contributed by atoms with Crippen molar-refractivity contribution in [2.75, 3.05) is 11.9 Å². The Kier molecular flexibility index (Phi) is 3.21. The molecule has 0 bridgehead atoms. The Hall–Kier alpha value is -3.32. The third-order valence-corrected chi connectivity index (χ3v) is 4.20. The van der Waals surface area contributed by atoms with E-state index in [0.717, 1.165) is 22.1 Å². The Bertz CT molecular complexity index is 1110. The molecule has 4 heteroatoms. The highest BCUT2D eigenvalue weighted by atomic mass is 19.1. The lowest BCUT2D eigenvalue weighted by molar-refractivity contribution is 0.584. The van der Waals surface area contributed by atoms with Crippen LogP contribution in [0.5, 0.6) is 0 Å². The predicted molar refractivity (Wildman–Crippen MR) is 92.9 cm³/mol. The summed E-state index contributed by atoms with van der Waals surface area (Å²) in [5.74, 6) is -0.380. The Morgan fingerprint density at radius 1 is 0.875 bits per heavy atom. The average molecular weight is 316 g/mol. The van der Waals surface area contributed by atoms with Crippen molar-refractivity contribution in [2.45, 2.75) is 0 Å². The van der Waals surface area contributed by atoms with Crippen LogP contribution >= 0.6 is 0 Å². The van der Waals surface area contributed by atoms with Gasteiger partial charge in [-0.15, -0.1) is 0 Å². The molecular weight excluding hydrogens is 303 g/mol. The number of hydrogen-bond donors (Lipinski definition) is 0. The molecule has 116 valence electrons. The van der Waals surface area contributed by atoms with Crippen LogP contribution in [0.1, 0.15) is 5.56 Å². The molecule has 0 saturated heterocycles. The van der Waals surface area contributed by atoms with Gasteiger partial charge in [-0.2, -0.15) is 5.26 Å². The Morgan fingerprint density at radius 3 is 2.33 bits per heavy atom. The van der Waals surface area contributed by atoms with E-state index in [4.69, 9.17) is 4.42 Å². The second-order valence-corrected chi connectivity index (χ2v) is 5.56. The first-order chi connectivity index (χ1) is 11.7. The molecule has 0 spiro atoms. The highest BCUT2D eigenvalue weighted by Gasteiger charge is 2.17. The van der Waals surface area contributed by atoms with E-state index in [1.54, 1.807) is 12.1 Å². The number of para-hydroxylation sites is 3. The Morgan fingerprint density at radius 2 is 1.54 bits per heavy atom. The molecule has 1 aromatic heterocycles. The van der Waals surface area contributed by atoms with Crippen molar-refractivity contribution >= 4 is 33.3 Å². The zero-order chi connectivity index (χ0) is 16.7. The predicted octanol–water partition coefficient (Wildman–Crippen LogP) is 5.36. The minimum Gasteiger partial charge on any atom is -0.451 e. The van der Waals surface area contributed by atoms with Crippen molar-refractivity contribution in [2.24, 2.45) is 0 Å². The van der Waals surface area contributed by atoms with Crippen molar-refractivity contribution in [3.63, 3.8) is 0 Å². The van der Waals surface area contributed by atoms with Crippen LogP contribution in [-0.4, -0.2) is 7.05 Å². The van der Waals surface area contributed by atoms with E-state index in [-0.39, 0.29) is 11.4 Å². The smallest absolute Gasteiger partial charge is 0.171 e. The van der Waals surface area contributed by atoms with Crippen LogP contribution in [0.3, 0.4) is 0 Å². The molecule has 3 aromatic carbocycles. The van der Waals surface area contributed by atoms with Crippen LogP contribution in [0.25, 0.3) is 21.9 Å². The number of furan rings is 1. The van der Waals surface area contributed by atoms with E-state index < -0.39 is 0 Å². The molecule has 0 atom stereocenters. The van der Waals surface area contributed by atoms with Gasteiger partial charge < -0.3 is 9.32 Å². The van der Waals surface area contributed by atoms with Crippen LogP contribution in [0, 0.1) is 17.1 Å². The van der Waals surface area contributed by atoms with E-state index in [1.165, 1.54) is 6.07 Å². The summed E-state index contributed by atoms with van der Waals surface area (Å²) in [5, 5.41) is 10.9. The van der Waals surface area contributed by atoms with E-state index in [0.29, 0.717) is 11.1 Å². The first-order valence-corrected chi connectivity index (χ1v) is 7.53. The van der Waals surface area contributed by atoms with Gasteiger partial charge in [-0.1, -0.05) is 36.4 Å². The van der Waals surface area contributed by atoms with Crippen LogP contribution in [0.2, 0.25) is 0 Å². The lowest BCUT2D eigenvalue weighted by Crippen LogP contribution is -2.11. The number of benzene rings is 3. The van der Waals surface area contributed by atoms with Gasteiger partial charge in [-0.25, -0.2) is 4.39 Å². The van der Waals surface area contributed by atoms with Gasteiger partial charge in [0.1, 0.15) is 6.07 Å². The number of halogens is 1. The van der Waals surface area contributed by atoms with Crippen molar-refractivity contribution in [3.05, 3.63) is 72.0 Å². The SMILES string of the molecule is CN(c1ccccc1C#N)c1cccc2c1oc1c(F)cccc12. The van der Waals surface area contributed by atoms with Gasteiger partial charge in [0.25, 0.3) is 0 Å². The number of nitriles is 1. The van der Waals surface area contributed by atoms with Gasteiger partial charge in [-0.3, -0.25) is 0 Å². The maximum absolute atomic E-state index is 14.0. The lowest BCUT2D eigenvalue weighted by Gasteiger charge is -2.20. The zero-order valence-electron chi connectivity index (χ0n) is 13.0. The van der Waals surface area contributed by atoms with Crippen molar-refractivity contribution in [1.82, 2.24) is 0 Å². The number of fused-ring (bicyclic) bond motifs is 3. The molecule has 0 fully saturated rings. The lowest BCUT2D eigenvalue weighted by atomic mass is 10.1. The number of hydrogen-bond acceptors (Lipinski definition) is 3. The Balaban J connectivity index is 1.99. The Labute approximate surface area is 138 Å². The second kappa shape index (κ2) is 5.39. The third-order valence-electron chi connectivity index (χ3n) is 4.20. The summed E-state index contributed by atoms with van der Waals surface area (Å²) < 4.78 is 19.9. The van der Waals surface area contributed by atoms with Crippen LogP contribution < -0.4 is 4.90 Å². The number of anilines is 2. The third kappa shape index (κ3) is 2.03. The normalized spacial score (nSPS) is 10.9. The quantitative estimate of drug-likeness (QED) is 0.499. The first kappa shape index (κ1) is 14.3. The number of rotatable bonds is 2. The van der Waals surface area contributed by atoms with Gasteiger partial charge in [0.05, 0.1) is 16.9 Å². The fraction of sp³-hybridized carbons (Fsp3) is 0.0500. The second-order valence-electron chi connectivity index (χ2n) is 5.56. The summed E-state index contributed by atoms with van der Waals surface area (Å²) in [7, 11) is 1.87. The average Bonchev–Trinajstić information content (AvgIpc) is 3.01. The summed E-state index contributed by atoms with van der Waals surface area (Å²) in [6, 6.07) is 20.2. The molecule has 0 N–H and O–H groups in total. The van der Waals surface area contributed by atoms with Crippen LogP contribution in [-0.2, 0) is 0 Å². The van der Waals surface area contributed by atoms with Crippen molar-refractivity contribution in [3.8, 4) is 6.07 Å². The molecule has 0 aliphatic heterocycles. The molecule has 1 heterocycles. The van der Waals surface area contributed by atoms with Crippen molar-refractivity contribution < 1.29 is 8.81 Å². The summed E-state index contributed by atoms with van der Waals surface area (Å²) in [6.07, 6.45) is 0. The standard InChI is InChI=1S/C20H13FN2O/c1-23(17-10-3-2-6-13(17)12-22)18-11-5-8-15-14-7-4-9-16(21)19(14)24-20(15)18/h2-11H,1H3. The van der Waals surface area contributed by atoms with Gasteiger partial charge in [0.15, 0.2) is 17.0 Å². The molecule has 3 nitrogen and oxygen atoms in total. The summed E-state index contributed by atoms with van der Waals surface area (Å²) in [6.45, 7) is 0. The highest BCUT2D eigenvalue weighted by Crippen LogP contribution is 2.38. The summed E-state index contributed by atoms with van der Waals surface area (Å²) >= 11 is 0. The molecular formula is C20H13FN2O. The van der Waals surface area contributed by atoms with Crippen LogP contribution in [0.4, 0.5) is 15.8 Å². The van der Waals surface area contributed by atoms with E-state index in [2.05, 4.69) is 6.07 Å². The molecule has 4 rings (SSSR count). The monoisotopic (exact) mass is 316 g/mol. The maximum Gasteiger partial charge on any atom is 0.171 e. The van der Waals surface area contributed by atoms with Crippen LogP contribution in [0.15, 0.2) is 65.1 Å². The zero-order valence-corrected chi connectivity index (χ0v) is 13.0. The molecule has 0 radical (unpaired) electrons. The molecule has 4 aromatic rings.